The summed E-state index contributed by atoms with van der Waals surface area (Å²) in [6.45, 7) is 3.88. The molecule has 0 bridgehead atoms. The largest absolute Gasteiger partial charge is 0.283 e. The number of amides is 1. The van der Waals surface area contributed by atoms with E-state index in [-0.39, 0.29) is 17.4 Å². The SMILES string of the molecule is CC(C)CC(=O)Nn1cnc2c(cnn2-c2ccccc2)c1=O. The first-order chi connectivity index (χ1) is 11.1. The Bertz CT molecular complexity index is 896. The average Bonchev–Trinajstić information content (AvgIpc) is 2.95. The first-order valence-corrected chi connectivity index (χ1v) is 7.37. The second kappa shape index (κ2) is 6.04. The van der Waals surface area contributed by atoms with Gasteiger partial charge in [0.2, 0.25) is 5.91 Å². The van der Waals surface area contributed by atoms with Crippen LogP contribution in [0.2, 0.25) is 0 Å². The third-order valence-electron chi connectivity index (χ3n) is 3.33. The Balaban J connectivity index is 1.99. The van der Waals surface area contributed by atoms with Gasteiger partial charge in [-0.2, -0.15) is 5.10 Å². The van der Waals surface area contributed by atoms with Gasteiger partial charge in [0.25, 0.3) is 5.56 Å². The van der Waals surface area contributed by atoms with Crippen molar-refractivity contribution >= 4 is 16.9 Å². The number of fused-ring (bicyclic) bond motifs is 1. The van der Waals surface area contributed by atoms with E-state index in [0.29, 0.717) is 17.5 Å². The molecule has 0 aliphatic heterocycles. The minimum absolute atomic E-state index is 0.211. The fraction of sp³-hybridized carbons (Fsp3) is 0.250. The van der Waals surface area contributed by atoms with Gasteiger partial charge in [-0.3, -0.25) is 15.0 Å². The third kappa shape index (κ3) is 2.98. The summed E-state index contributed by atoms with van der Waals surface area (Å²) in [5.41, 5.74) is 3.47. The molecule has 0 radical (unpaired) electrons. The zero-order valence-electron chi connectivity index (χ0n) is 12.9. The molecule has 1 aromatic carbocycles. The van der Waals surface area contributed by atoms with Crippen molar-refractivity contribution in [3.05, 3.63) is 53.2 Å². The molecule has 23 heavy (non-hydrogen) atoms. The number of hydrogen-bond acceptors (Lipinski definition) is 4. The maximum Gasteiger partial charge on any atom is 0.283 e. The molecular formula is C16H17N5O2. The van der Waals surface area contributed by atoms with Gasteiger partial charge in [-0.25, -0.2) is 14.3 Å². The van der Waals surface area contributed by atoms with Crippen LogP contribution in [0.25, 0.3) is 16.7 Å². The Labute approximate surface area is 132 Å². The summed E-state index contributed by atoms with van der Waals surface area (Å²) < 4.78 is 2.70. The van der Waals surface area contributed by atoms with E-state index in [0.717, 1.165) is 10.4 Å². The lowest BCUT2D eigenvalue weighted by atomic mass is 10.1. The smallest absolute Gasteiger partial charge is 0.273 e. The molecule has 3 aromatic rings. The highest BCUT2D eigenvalue weighted by Crippen LogP contribution is 2.12. The number of aromatic nitrogens is 4. The predicted molar refractivity (Wildman–Crippen MR) is 86.9 cm³/mol. The van der Waals surface area contributed by atoms with E-state index in [9.17, 15) is 9.59 Å². The fourth-order valence-electron chi connectivity index (χ4n) is 2.30. The molecule has 2 aromatic heterocycles. The molecule has 7 heteroatoms. The van der Waals surface area contributed by atoms with Crippen LogP contribution in [0.5, 0.6) is 0 Å². The molecule has 0 aliphatic carbocycles. The number of carbonyl (C=O) groups is 1. The first-order valence-electron chi connectivity index (χ1n) is 7.37. The van der Waals surface area contributed by atoms with Gasteiger partial charge in [0.1, 0.15) is 11.7 Å². The lowest BCUT2D eigenvalue weighted by Gasteiger charge is -2.09. The van der Waals surface area contributed by atoms with Crippen LogP contribution < -0.4 is 11.0 Å². The topological polar surface area (TPSA) is 81.8 Å². The van der Waals surface area contributed by atoms with Crippen molar-refractivity contribution in [3.63, 3.8) is 0 Å². The summed E-state index contributed by atoms with van der Waals surface area (Å²) in [5, 5.41) is 4.57. The van der Waals surface area contributed by atoms with Gasteiger partial charge >= 0.3 is 0 Å². The van der Waals surface area contributed by atoms with Gasteiger partial charge in [-0.1, -0.05) is 32.0 Å². The molecule has 0 atom stereocenters. The van der Waals surface area contributed by atoms with Crippen molar-refractivity contribution in [2.24, 2.45) is 5.92 Å². The van der Waals surface area contributed by atoms with Gasteiger partial charge in [0.15, 0.2) is 5.65 Å². The third-order valence-corrected chi connectivity index (χ3v) is 3.33. The Morgan fingerprint density at radius 2 is 2.00 bits per heavy atom. The highest BCUT2D eigenvalue weighted by molar-refractivity contribution is 5.84. The van der Waals surface area contributed by atoms with Crippen molar-refractivity contribution in [2.45, 2.75) is 20.3 Å². The van der Waals surface area contributed by atoms with Crippen LogP contribution in [0.15, 0.2) is 47.7 Å². The summed E-state index contributed by atoms with van der Waals surface area (Å²) in [5.74, 6) is -0.0121. The molecule has 118 valence electrons. The number of para-hydroxylation sites is 1. The minimum Gasteiger partial charge on any atom is -0.273 e. The summed E-state index contributed by atoms with van der Waals surface area (Å²) in [6.07, 6.45) is 3.11. The van der Waals surface area contributed by atoms with E-state index in [1.165, 1.54) is 12.5 Å². The quantitative estimate of drug-likeness (QED) is 0.795. The number of carbonyl (C=O) groups excluding carboxylic acids is 1. The molecule has 7 nitrogen and oxygen atoms in total. The van der Waals surface area contributed by atoms with Crippen LogP contribution >= 0.6 is 0 Å². The Hall–Kier alpha value is -2.96. The number of nitrogens with zero attached hydrogens (tertiary/aromatic N) is 4. The normalized spacial score (nSPS) is 11.1. The van der Waals surface area contributed by atoms with Gasteiger partial charge in [-0.15, -0.1) is 0 Å². The van der Waals surface area contributed by atoms with E-state index >= 15 is 0 Å². The van der Waals surface area contributed by atoms with Gasteiger partial charge in [-0.05, 0) is 18.1 Å². The molecular weight excluding hydrogens is 294 g/mol. The molecule has 1 amide bonds. The zero-order valence-corrected chi connectivity index (χ0v) is 12.9. The first kappa shape index (κ1) is 15.0. The Kier molecular flexibility index (Phi) is 3.92. The van der Waals surface area contributed by atoms with Crippen molar-refractivity contribution in [2.75, 3.05) is 5.43 Å². The second-order valence-corrected chi connectivity index (χ2v) is 5.68. The molecule has 2 heterocycles. The van der Waals surface area contributed by atoms with E-state index in [1.807, 2.05) is 44.2 Å². The van der Waals surface area contributed by atoms with Gasteiger partial charge in [0.05, 0.1) is 11.9 Å². The van der Waals surface area contributed by atoms with E-state index < -0.39 is 0 Å². The van der Waals surface area contributed by atoms with Crippen molar-refractivity contribution in [1.82, 2.24) is 19.4 Å². The lowest BCUT2D eigenvalue weighted by Crippen LogP contribution is -2.33. The Morgan fingerprint density at radius 1 is 1.26 bits per heavy atom. The molecule has 1 N–H and O–H groups in total. The van der Waals surface area contributed by atoms with Crippen LogP contribution in [0.1, 0.15) is 20.3 Å². The standard InChI is InChI=1S/C16H17N5O2/c1-11(2)8-14(22)19-20-10-17-15-13(16(20)23)9-18-21(15)12-6-4-3-5-7-12/h3-7,9-11H,8H2,1-2H3,(H,19,22). The molecule has 0 fully saturated rings. The van der Waals surface area contributed by atoms with Crippen LogP contribution in [0.3, 0.4) is 0 Å². The van der Waals surface area contributed by atoms with Crippen molar-refractivity contribution in [1.29, 1.82) is 0 Å². The predicted octanol–water partition coefficient (Wildman–Crippen LogP) is 1.70. The van der Waals surface area contributed by atoms with E-state index in [1.54, 1.807) is 4.68 Å². The molecule has 0 saturated carbocycles. The van der Waals surface area contributed by atoms with E-state index in [4.69, 9.17) is 0 Å². The highest BCUT2D eigenvalue weighted by Gasteiger charge is 2.13. The maximum absolute atomic E-state index is 12.4. The lowest BCUT2D eigenvalue weighted by molar-refractivity contribution is -0.117. The summed E-state index contributed by atoms with van der Waals surface area (Å²) >= 11 is 0. The molecule has 0 saturated heterocycles. The summed E-state index contributed by atoms with van der Waals surface area (Å²) in [7, 11) is 0. The maximum atomic E-state index is 12.4. The van der Waals surface area contributed by atoms with Crippen LogP contribution in [-0.4, -0.2) is 25.3 Å². The van der Waals surface area contributed by atoms with Gasteiger partial charge < -0.3 is 0 Å². The van der Waals surface area contributed by atoms with Crippen molar-refractivity contribution in [3.8, 4) is 5.69 Å². The zero-order chi connectivity index (χ0) is 16.4. The van der Waals surface area contributed by atoms with Crippen LogP contribution in [0, 0.1) is 5.92 Å². The average molecular weight is 311 g/mol. The summed E-state index contributed by atoms with van der Waals surface area (Å²) in [6, 6.07) is 9.43. The number of nitrogens with one attached hydrogen (secondary N) is 1. The van der Waals surface area contributed by atoms with Crippen molar-refractivity contribution < 1.29 is 4.79 Å². The molecule has 0 aliphatic rings. The fourth-order valence-corrected chi connectivity index (χ4v) is 2.30. The summed E-state index contributed by atoms with van der Waals surface area (Å²) in [4.78, 5) is 28.5. The Morgan fingerprint density at radius 3 is 2.70 bits per heavy atom. The van der Waals surface area contributed by atoms with Crippen LogP contribution in [0.4, 0.5) is 0 Å². The highest BCUT2D eigenvalue weighted by atomic mass is 16.2. The molecule has 3 rings (SSSR count). The number of rotatable bonds is 4. The number of benzene rings is 1. The van der Waals surface area contributed by atoms with Crippen LogP contribution in [-0.2, 0) is 4.79 Å². The second-order valence-electron chi connectivity index (χ2n) is 5.68. The molecule has 0 unspecified atom stereocenters. The minimum atomic E-state index is -0.353. The molecule has 0 spiro atoms. The van der Waals surface area contributed by atoms with E-state index in [2.05, 4.69) is 15.5 Å². The van der Waals surface area contributed by atoms with Gasteiger partial charge in [0, 0.05) is 6.42 Å². The number of hydrogen-bond donors (Lipinski definition) is 1. The monoisotopic (exact) mass is 311 g/mol.